The van der Waals surface area contributed by atoms with E-state index < -0.39 is 0 Å². The van der Waals surface area contributed by atoms with Crippen LogP contribution in [-0.2, 0) is 6.42 Å². The number of hydrogen-bond donors (Lipinski definition) is 0. The molecule has 110 valence electrons. The van der Waals surface area contributed by atoms with E-state index in [1.54, 1.807) is 7.11 Å². The molecule has 0 unspecified atom stereocenters. The third-order valence-corrected chi connectivity index (χ3v) is 3.75. The van der Waals surface area contributed by atoms with Gasteiger partial charge in [0, 0.05) is 0 Å². The lowest BCUT2D eigenvalue weighted by Crippen LogP contribution is -2.28. The van der Waals surface area contributed by atoms with Crippen LogP contribution in [0.5, 0.6) is 11.5 Å². The van der Waals surface area contributed by atoms with Gasteiger partial charge in [-0.1, -0.05) is 19.8 Å². The molecule has 0 atom stereocenters. The minimum atomic E-state index is -0.246. The zero-order valence-electron chi connectivity index (χ0n) is 13.4. The topological polar surface area (TPSA) is 18.5 Å². The first-order valence-electron chi connectivity index (χ1n) is 7.56. The van der Waals surface area contributed by atoms with Gasteiger partial charge in [-0.05, 0) is 63.0 Å². The molecular weight excluding hydrogens is 248 g/mol. The molecule has 0 aliphatic carbocycles. The van der Waals surface area contributed by atoms with Gasteiger partial charge in [0.05, 0.1) is 12.7 Å². The molecule has 1 aliphatic rings. The lowest BCUT2D eigenvalue weighted by molar-refractivity contribution is 0.157. The van der Waals surface area contributed by atoms with Crippen molar-refractivity contribution in [2.45, 2.75) is 59.0 Å². The van der Waals surface area contributed by atoms with E-state index in [1.165, 1.54) is 30.4 Å². The van der Waals surface area contributed by atoms with Crippen molar-refractivity contribution in [1.82, 2.24) is 0 Å². The highest BCUT2D eigenvalue weighted by atomic mass is 16.5. The van der Waals surface area contributed by atoms with Gasteiger partial charge in [0.1, 0.15) is 17.1 Å². The first kappa shape index (κ1) is 15.0. The molecule has 2 nitrogen and oxygen atoms in total. The van der Waals surface area contributed by atoms with Gasteiger partial charge in [-0.25, -0.2) is 0 Å². The summed E-state index contributed by atoms with van der Waals surface area (Å²) in [7, 11) is 1.73. The van der Waals surface area contributed by atoms with Crippen LogP contribution in [-0.4, -0.2) is 12.7 Å². The fourth-order valence-corrected chi connectivity index (χ4v) is 2.90. The summed E-state index contributed by atoms with van der Waals surface area (Å²) in [5.74, 6) is 1.89. The second-order valence-electron chi connectivity index (χ2n) is 6.16. The molecule has 1 heterocycles. The van der Waals surface area contributed by atoms with Crippen LogP contribution in [0.4, 0.5) is 0 Å². The molecule has 0 bridgehead atoms. The molecule has 0 saturated carbocycles. The van der Waals surface area contributed by atoms with Crippen molar-refractivity contribution in [1.29, 1.82) is 0 Å². The number of benzene rings is 1. The summed E-state index contributed by atoms with van der Waals surface area (Å²) in [6, 6.07) is 4.35. The van der Waals surface area contributed by atoms with Gasteiger partial charge in [0.25, 0.3) is 0 Å². The lowest BCUT2D eigenvalue weighted by Gasteiger charge is -2.31. The summed E-state index contributed by atoms with van der Waals surface area (Å²) in [6.45, 7) is 8.54. The third kappa shape index (κ3) is 3.17. The molecule has 2 rings (SSSR count). The van der Waals surface area contributed by atoms with Crippen LogP contribution >= 0.6 is 0 Å². The number of fused-ring (bicyclic) bond motifs is 1. The van der Waals surface area contributed by atoms with Crippen LogP contribution in [0.2, 0.25) is 0 Å². The lowest BCUT2D eigenvalue weighted by atomic mass is 9.93. The van der Waals surface area contributed by atoms with E-state index in [0.717, 1.165) is 23.5 Å². The third-order valence-electron chi connectivity index (χ3n) is 3.75. The highest BCUT2D eigenvalue weighted by molar-refractivity contribution is 5.77. The Hall–Kier alpha value is -1.44. The number of rotatable bonds is 5. The molecule has 0 aromatic heterocycles. The minimum absolute atomic E-state index is 0.246. The van der Waals surface area contributed by atoms with E-state index in [-0.39, 0.29) is 5.60 Å². The van der Waals surface area contributed by atoms with Gasteiger partial charge >= 0.3 is 0 Å². The summed E-state index contributed by atoms with van der Waals surface area (Å²) in [4.78, 5) is 0. The maximum Gasteiger partial charge on any atom is 0.132 e. The van der Waals surface area contributed by atoms with Crippen LogP contribution in [0.1, 0.15) is 58.1 Å². The van der Waals surface area contributed by atoms with Crippen LogP contribution < -0.4 is 9.47 Å². The van der Waals surface area contributed by atoms with Gasteiger partial charge in [0.2, 0.25) is 0 Å². The Morgan fingerprint density at radius 1 is 1.20 bits per heavy atom. The highest BCUT2D eigenvalue weighted by Gasteiger charge is 2.27. The number of allylic oxidation sites excluding steroid dienone is 1. The quantitative estimate of drug-likeness (QED) is 0.703. The van der Waals surface area contributed by atoms with E-state index in [2.05, 4.69) is 45.9 Å². The molecule has 0 N–H and O–H groups in total. The molecule has 20 heavy (non-hydrogen) atoms. The highest BCUT2D eigenvalue weighted by Crippen LogP contribution is 2.42. The van der Waals surface area contributed by atoms with Crippen molar-refractivity contribution < 1.29 is 9.47 Å². The summed E-state index contributed by atoms with van der Waals surface area (Å²) in [6.07, 6.45) is 6.98. The maximum absolute atomic E-state index is 6.12. The van der Waals surface area contributed by atoms with E-state index in [9.17, 15) is 0 Å². The van der Waals surface area contributed by atoms with Crippen molar-refractivity contribution in [2.24, 2.45) is 0 Å². The summed E-state index contributed by atoms with van der Waals surface area (Å²) < 4.78 is 11.7. The predicted molar refractivity (Wildman–Crippen MR) is 84.6 cm³/mol. The molecule has 0 amide bonds. The van der Waals surface area contributed by atoms with Gasteiger partial charge in [-0.2, -0.15) is 0 Å². The van der Waals surface area contributed by atoms with Crippen molar-refractivity contribution in [3.63, 3.8) is 0 Å². The Morgan fingerprint density at radius 2 is 1.95 bits per heavy atom. The van der Waals surface area contributed by atoms with Crippen molar-refractivity contribution in [3.8, 4) is 11.5 Å². The number of methoxy groups -OCH3 is 1. The molecular formula is C18H26O2. The summed E-state index contributed by atoms with van der Waals surface area (Å²) >= 11 is 0. The Labute approximate surface area is 122 Å². The molecule has 1 aromatic rings. The van der Waals surface area contributed by atoms with E-state index in [4.69, 9.17) is 9.47 Å². The van der Waals surface area contributed by atoms with E-state index >= 15 is 0 Å². The second kappa shape index (κ2) is 5.90. The van der Waals surface area contributed by atoms with Crippen LogP contribution in [0, 0.1) is 0 Å². The van der Waals surface area contributed by atoms with Crippen LogP contribution in [0.25, 0.3) is 5.57 Å². The molecule has 0 fully saturated rings. The van der Waals surface area contributed by atoms with Crippen LogP contribution in [0.15, 0.2) is 18.2 Å². The standard InChI is InChI=1S/C18H26O2/c1-6-7-8-9-14-10-15(19-5)17-13(2)12-18(3,4)20-16(17)11-14/h10-12H,6-9H2,1-5H3. The summed E-state index contributed by atoms with van der Waals surface area (Å²) in [5.41, 5.74) is 3.39. The first-order chi connectivity index (χ1) is 9.46. The first-order valence-corrected chi connectivity index (χ1v) is 7.56. The fraction of sp³-hybridized carbons (Fsp3) is 0.556. The van der Waals surface area contributed by atoms with Gasteiger partial charge in [0.15, 0.2) is 0 Å². The van der Waals surface area contributed by atoms with Crippen LogP contribution in [0.3, 0.4) is 0 Å². The zero-order valence-corrected chi connectivity index (χ0v) is 13.4. The number of hydrogen-bond acceptors (Lipinski definition) is 2. The monoisotopic (exact) mass is 274 g/mol. The van der Waals surface area contributed by atoms with Crippen molar-refractivity contribution in [2.75, 3.05) is 7.11 Å². The second-order valence-corrected chi connectivity index (χ2v) is 6.16. The molecule has 0 radical (unpaired) electrons. The predicted octanol–water partition coefficient (Wildman–Crippen LogP) is 5.00. The number of unbranched alkanes of at least 4 members (excludes halogenated alkanes) is 2. The van der Waals surface area contributed by atoms with Crippen molar-refractivity contribution >= 4 is 5.57 Å². The smallest absolute Gasteiger partial charge is 0.132 e. The normalized spacial score (nSPS) is 16.1. The molecule has 0 spiro atoms. The maximum atomic E-state index is 6.12. The minimum Gasteiger partial charge on any atom is -0.496 e. The zero-order chi connectivity index (χ0) is 14.8. The molecule has 1 aromatic carbocycles. The Kier molecular flexibility index (Phi) is 4.42. The van der Waals surface area contributed by atoms with Gasteiger partial charge < -0.3 is 9.47 Å². The fourth-order valence-electron chi connectivity index (χ4n) is 2.90. The number of aryl methyl sites for hydroxylation is 1. The van der Waals surface area contributed by atoms with Crippen molar-refractivity contribution in [3.05, 3.63) is 29.3 Å². The molecule has 1 aliphatic heterocycles. The van der Waals surface area contributed by atoms with E-state index in [0.29, 0.717) is 0 Å². The van der Waals surface area contributed by atoms with Gasteiger partial charge in [-0.15, -0.1) is 0 Å². The average Bonchev–Trinajstić information content (AvgIpc) is 2.36. The van der Waals surface area contributed by atoms with E-state index in [1.807, 2.05) is 0 Å². The Bertz CT molecular complexity index is 512. The SMILES string of the molecule is CCCCCc1cc(OC)c2c(c1)OC(C)(C)C=C2C. The van der Waals surface area contributed by atoms with Gasteiger partial charge in [-0.3, -0.25) is 0 Å². The Morgan fingerprint density at radius 3 is 2.60 bits per heavy atom. The molecule has 2 heteroatoms. The largest absolute Gasteiger partial charge is 0.496 e. The average molecular weight is 274 g/mol. The summed E-state index contributed by atoms with van der Waals surface area (Å²) in [5, 5.41) is 0. The number of ether oxygens (including phenoxy) is 2. The Balaban J connectivity index is 2.37. The molecule has 0 saturated heterocycles.